The highest BCUT2D eigenvalue weighted by Gasteiger charge is 2.20. The van der Waals surface area contributed by atoms with Crippen LogP contribution in [0.5, 0.6) is 0 Å². The van der Waals surface area contributed by atoms with E-state index in [-0.39, 0.29) is 10.8 Å². The molecule has 0 fully saturated rings. The Kier molecular flexibility index (Phi) is 8.85. The van der Waals surface area contributed by atoms with Gasteiger partial charge in [-0.25, -0.2) is 0 Å². The van der Waals surface area contributed by atoms with Gasteiger partial charge >= 0.3 is 0 Å². The maximum Gasteiger partial charge on any atom is 0.136 e. The lowest BCUT2D eigenvalue weighted by Gasteiger charge is -2.26. The molecular weight excluding hydrogens is 735 g/mol. The fourth-order valence-corrected chi connectivity index (χ4v) is 9.74. The molecule has 288 valence electrons. The predicted octanol–water partition coefficient (Wildman–Crippen LogP) is 17.0. The summed E-state index contributed by atoms with van der Waals surface area (Å²) in [7, 11) is 0. The number of fused-ring (bicyclic) bond motifs is 7. The largest absolute Gasteiger partial charge is 0.456 e. The van der Waals surface area contributed by atoms with Gasteiger partial charge in [-0.1, -0.05) is 157 Å². The second-order valence-electron chi connectivity index (χ2n) is 17.8. The molecule has 2 nitrogen and oxygen atoms in total. The van der Waals surface area contributed by atoms with E-state index in [2.05, 4.69) is 222 Å². The van der Waals surface area contributed by atoms with Gasteiger partial charge in [-0.3, -0.25) is 0 Å². The molecule has 10 rings (SSSR count). The summed E-state index contributed by atoms with van der Waals surface area (Å²) < 4.78 is 9.09. The lowest BCUT2D eigenvalue weighted by molar-refractivity contribution is 0.590. The Labute approximate surface area is 351 Å². The lowest BCUT2D eigenvalue weighted by Crippen LogP contribution is -2.10. The van der Waals surface area contributed by atoms with E-state index < -0.39 is 0 Å². The minimum atomic E-state index is 0.119. The number of benzene rings is 8. The van der Waals surface area contributed by atoms with E-state index in [1.165, 1.54) is 69.9 Å². The minimum Gasteiger partial charge on any atom is -0.456 e. The molecular formula is C56H47NOS. The third-order valence-electron chi connectivity index (χ3n) is 11.9. The van der Waals surface area contributed by atoms with Crippen molar-refractivity contribution in [1.82, 2.24) is 0 Å². The number of nitrogens with zero attached hydrogens (tertiary/aromatic N) is 1. The topological polar surface area (TPSA) is 16.4 Å². The molecule has 10 aromatic rings. The molecule has 0 aliphatic heterocycles. The van der Waals surface area contributed by atoms with Crippen molar-refractivity contribution in [2.24, 2.45) is 0 Å². The molecule has 0 amide bonds. The molecule has 0 N–H and O–H groups in total. The molecule has 0 saturated heterocycles. The van der Waals surface area contributed by atoms with Crippen LogP contribution in [-0.4, -0.2) is 0 Å². The molecule has 0 saturated carbocycles. The van der Waals surface area contributed by atoms with Crippen LogP contribution < -0.4 is 4.90 Å². The SMILES string of the molecule is CC(C)(C)c1ccc(-c2ccc(N(c3ccc(-c4ccc(C(C)(C)C)cc4)cc3)c3ccc(-c4cccc5oc6ccc7c8ccccc8sc7c6c45)cc3)cc2)cc1. The Morgan fingerprint density at radius 2 is 0.847 bits per heavy atom. The summed E-state index contributed by atoms with van der Waals surface area (Å²) in [5, 5.41) is 4.94. The van der Waals surface area contributed by atoms with Crippen LogP contribution in [0.25, 0.3) is 75.5 Å². The monoisotopic (exact) mass is 781 g/mol. The van der Waals surface area contributed by atoms with Crippen molar-refractivity contribution in [2.75, 3.05) is 4.90 Å². The maximum atomic E-state index is 6.52. The number of furan rings is 1. The van der Waals surface area contributed by atoms with Gasteiger partial charge in [-0.15, -0.1) is 11.3 Å². The molecule has 0 aliphatic rings. The molecule has 0 spiro atoms. The Bertz CT molecular complexity index is 3020. The van der Waals surface area contributed by atoms with Crippen molar-refractivity contribution in [3.8, 4) is 33.4 Å². The second kappa shape index (κ2) is 14.1. The predicted molar refractivity (Wildman–Crippen MR) is 255 cm³/mol. The highest BCUT2D eigenvalue weighted by atomic mass is 32.1. The average molecular weight is 782 g/mol. The Morgan fingerprint density at radius 1 is 0.390 bits per heavy atom. The van der Waals surface area contributed by atoms with E-state index in [0.717, 1.165) is 33.8 Å². The fraction of sp³-hybridized carbons (Fsp3) is 0.143. The van der Waals surface area contributed by atoms with Gasteiger partial charge in [0.2, 0.25) is 0 Å². The summed E-state index contributed by atoms with van der Waals surface area (Å²) >= 11 is 1.85. The number of thiophene rings is 1. The first-order valence-electron chi connectivity index (χ1n) is 20.6. The zero-order valence-corrected chi connectivity index (χ0v) is 35.3. The summed E-state index contributed by atoms with van der Waals surface area (Å²) in [4.78, 5) is 2.36. The van der Waals surface area contributed by atoms with E-state index in [9.17, 15) is 0 Å². The standard InChI is InChI=1S/C56H47NOS/c1-55(2,3)41-24-14-36(15-25-41)38-18-28-43(29-19-38)57(44-30-20-39(21-31-44)37-16-26-42(27-17-37)56(4,5)6)45-32-22-40(23-33-45)46-11-9-12-49-52(46)53-50(58-49)35-34-48-47-10-7-8-13-51(47)59-54(48)53/h7-35H,1-6H3. The number of hydrogen-bond acceptors (Lipinski definition) is 3. The van der Waals surface area contributed by atoms with Crippen LogP contribution in [0, 0.1) is 0 Å². The number of anilines is 3. The summed E-state index contributed by atoms with van der Waals surface area (Å²) in [6.07, 6.45) is 0. The van der Waals surface area contributed by atoms with Crippen molar-refractivity contribution in [3.63, 3.8) is 0 Å². The van der Waals surface area contributed by atoms with Gasteiger partial charge in [-0.05, 0) is 116 Å². The summed E-state index contributed by atoms with van der Waals surface area (Å²) in [6.45, 7) is 13.6. The zero-order chi connectivity index (χ0) is 40.5. The molecule has 2 aromatic heterocycles. The summed E-state index contributed by atoms with van der Waals surface area (Å²) in [6, 6.07) is 64.5. The van der Waals surface area contributed by atoms with Crippen molar-refractivity contribution in [2.45, 2.75) is 52.4 Å². The van der Waals surface area contributed by atoms with Gasteiger partial charge in [0.25, 0.3) is 0 Å². The normalized spacial score (nSPS) is 12.2. The zero-order valence-electron chi connectivity index (χ0n) is 34.5. The van der Waals surface area contributed by atoms with E-state index in [1.807, 2.05) is 11.3 Å². The van der Waals surface area contributed by atoms with Crippen molar-refractivity contribution in [3.05, 3.63) is 187 Å². The van der Waals surface area contributed by atoms with Crippen molar-refractivity contribution in [1.29, 1.82) is 0 Å². The molecule has 8 aromatic carbocycles. The molecule has 0 radical (unpaired) electrons. The molecule has 0 bridgehead atoms. The second-order valence-corrected chi connectivity index (χ2v) is 18.9. The molecule has 0 atom stereocenters. The smallest absolute Gasteiger partial charge is 0.136 e. The third-order valence-corrected chi connectivity index (χ3v) is 13.1. The highest BCUT2D eigenvalue weighted by Crippen LogP contribution is 2.46. The first kappa shape index (κ1) is 36.9. The van der Waals surface area contributed by atoms with Gasteiger partial charge in [0.1, 0.15) is 11.2 Å². The van der Waals surface area contributed by atoms with Gasteiger partial charge < -0.3 is 9.32 Å². The summed E-state index contributed by atoms with van der Waals surface area (Å²) in [5.74, 6) is 0. The van der Waals surface area contributed by atoms with Crippen LogP contribution >= 0.6 is 11.3 Å². The van der Waals surface area contributed by atoms with Crippen LogP contribution in [0.2, 0.25) is 0 Å². The van der Waals surface area contributed by atoms with Gasteiger partial charge in [0.05, 0.1) is 0 Å². The molecule has 0 unspecified atom stereocenters. The Balaban J connectivity index is 1.05. The Hall–Kier alpha value is -6.42. The van der Waals surface area contributed by atoms with Crippen LogP contribution in [0.15, 0.2) is 180 Å². The number of rotatable bonds is 6. The quantitative estimate of drug-likeness (QED) is 0.167. The van der Waals surface area contributed by atoms with Crippen LogP contribution in [0.3, 0.4) is 0 Å². The van der Waals surface area contributed by atoms with E-state index in [4.69, 9.17) is 4.42 Å². The van der Waals surface area contributed by atoms with Gasteiger partial charge in [0.15, 0.2) is 0 Å². The van der Waals surface area contributed by atoms with Gasteiger partial charge in [-0.2, -0.15) is 0 Å². The van der Waals surface area contributed by atoms with Crippen molar-refractivity contribution >= 4 is 70.5 Å². The Morgan fingerprint density at radius 3 is 1.36 bits per heavy atom. The molecule has 0 aliphatic carbocycles. The van der Waals surface area contributed by atoms with Crippen LogP contribution in [-0.2, 0) is 10.8 Å². The van der Waals surface area contributed by atoms with E-state index in [1.54, 1.807) is 0 Å². The molecule has 3 heteroatoms. The first-order chi connectivity index (χ1) is 28.5. The van der Waals surface area contributed by atoms with E-state index >= 15 is 0 Å². The average Bonchev–Trinajstić information content (AvgIpc) is 3.83. The molecule has 59 heavy (non-hydrogen) atoms. The molecule has 2 heterocycles. The summed E-state index contributed by atoms with van der Waals surface area (Å²) in [5.41, 5.74) is 15.2. The minimum absolute atomic E-state index is 0.119. The van der Waals surface area contributed by atoms with Crippen LogP contribution in [0.4, 0.5) is 17.1 Å². The lowest BCUT2D eigenvalue weighted by atomic mass is 9.86. The van der Waals surface area contributed by atoms with Crippen molar-refractivity contribution < 1.29 is 4.42 Å². The van der Waals surface area contributed by atoms with Gasteiger partial charge in [0, 0.05) is 48.0 Å². The third kappa shape index (κ3) is 6.70. The highest BCUT2D eigenvalue weighted by molar-refractivity contribution is 7.26. The fourth-order valence-electron chi connectivity index (χ4n) is 8.49. The van der Waals surface area contributed by atoms with E-state index in [0.29, 0.717) is 0 Å². The maximum absolute atomic E-state index is 6.52. The van der Waals surface area contributed by atoms with Crippen LogP contribution in [0.1, 0.15) is 52.7 Å². The first-order valence-corrected chi connectivity index (χ1v) is 21.4. The number of hydrogen-bond donors (Lipinski definition) is 0.